The Morgan fingerprint density at radius 2 is 2.12 bits per heavy atom. The van der Waals surface area contributed by atoms with Crippen molar-refractivity contribution in [3.05, 3.63) is 0 Å². The molecular weight excluding hydrogens is 206 g/mol. The van der Waals surface area contributed by atoms with Crippen molar-refractivity contribution in [2.45, 2.75) is 26.8 Å². The van der Waals surface area contributed by atoms with Gasteiger partial charge in [-0.05, 0) is 5.41 Å². The molecule has 0 aromatic rings. The molecule has 0 aromatic carbocycles. The lowest BCUT2D eigenvalue weighted by Crippen LogP contribution is -2.58. The molecule has 5 heteroatoms. The number of likely N-dealkylation sites (N-methyl/N-ethyl adjacent to an activating group) is 1. The fraction of sp³-hybridized carbons (Fsp3) is 0.818. The van der Waals surface area contributed by atoms with Crippen LogP contribution in [0.3, 0.4) is 0 Å². The van der Waals surface area contributed by atoms with Crippen LogP contribution in [0.4, 0.5) is 0 Å². The van der Waals surface area contributed by atoms with Gasteiger partial charge in [0.25, 0.3) is 0 Å². The van der Waals surface area contributed by atoms with Gasteiger partial charge in [0.15, 0.2) is 0 Å². The molecule has 1 unspecified atom stereocenters. The molecule has 0 bridgehead atoms. The van der Waals surface area contributed by atoms with Crippen molar-refractivity contribution >= 4 is 11.8 Å². The standard InChI is InChI=1S/C11H21N3O2/c1-11(2,3)7-14(4)10(16)8-5-13-9(15)6-12-8/h8,12H,5-7H2,1-4H3,(H,13,15). The first-order valence-corrected chi connectivity index (χ1v) is 5.55. The van der Waals surface area contributed by atoms with E-state index in [0.29, 0.717) is 13.1 Å². The molecule has 5 nitrogen and oxygen atoms in total. The highest BCUT2D eigenvalue weighted by atomic mass is 16.2. The van der Waals surface area contributed by atoms with E-state index in [2.05, 4.69) is 31.4 Å². The van der Waals surface area contributed by atoms with E-state index in [0.717, 1.165) is 0 Å². The van der Waals surface area contributed by atoms with Crippen LogP contribution in [0.2, 0.25) is 0 Å². The Bertz CT molecular complexity index is 273. The zero-order valence-electron chi connectivity index (χ0n) is 10.5. The molecule has 2 amide bonds. The van der Waals surface area contributed by atoms with E-state index < -0.39 is 0 Å². The molecule has 0 aromatic heterocycles. The summed E-state index contributed by atoms with van der Waals surface area (Å²) in [6.45, 7) is 7.58. The van der Waals surface area contributed by atoms with Crippen molar-refractivity contribution in [2.75, 3.05) is 26.7 Å². The summed E-state index contributed by atoms with van der Waals surface area (Å²) in [5.74, 6) is -0.0163. The van der Waals surface area contributed by atoms with Gasteiger partial charge in [-0.1, -0.05) is 20.8 Å². The van der Waals surface area contributed by atoms with Crippen LogP contribution in [0.5, 0.6) is 0 Å². The van der Waals surface area contributed by atoms with Crippen molar-refractivity contribution in [3.8, 4) is 0 Å². The van der Waals surface area contributed by atoms with Crippen LogP contribution in [-0.4, -0.2) is 49.4 Å². The third-order valence-electron chi connectivity index (χ3n) is 2.40. The quantitative estimate of drug-likeness (QED) is 0.673. The second kappa shape index (κ2) is 4.82. The summed E-state index contributed by atoms with van der Waals surface area (Å²) < 4.78 is 0. The summed E-state index contributed by atoms with van der Waals surface area (Å²) >= 11 is 0. The van der Waals surface area contributed by atoms with Crippen molar-refractivity contribution < 1.29 is 9.59 Å². The monoisotopic (exact) mass is 227 g/mol. The number of hydrogen-bond acceptors (Lipinski definition) is 3. The molecule has 1 heterocycles. The first-order valence-electron chi connectivity index (χ1n) is 5.55. The third-order valence-corrected chi connectivity index (χ3v) is 2.40. The average Bonchev–Trinajstić information content (AvgIpc) is 2.15. The number of nitrogens with one attached hydrogen (secondary N) is 2. The van der Waals surface area contributed by atoms with E-state index in [4.69, 9.17) is 0 Å². The number of hydrogen-bond donors (Lipinski definition) is 2. The molecule has 16 heavy (non-hydrogen) atoms. The third kappa shape index (κ3) is 3.81. The lowest BCUT2D eigenvalue weighted by atomic mass is 9.96. The van der Waals surface area contributed by atoms with Crippen LogP contribution in [0.1, 0.15) is 20.8 Å². The summed E-state index contributed by atoms with van der Waals surface area (Å²) in [6.07, 6.45) is 0. The smallest absolute Gasteiger partial charge is 0.241 e. The molecular formula is C11H21N3O2. The van der Waals surface area contributed by atoms with Crippen LogP contribution in [0.25, 0.3) is 0 Å². The fourth-order valence-electron chi connectivity index (χ4n) is 1.80. The van der Waals surface area contributed by atoms with Gasteiger partial charge in [0.05, 0.1) is 6.54 Å². The van der Waals surface area contributed by atoms with Crippen molar-refractivity contribution in [2.24, 2.45) is 5.41 Å². The Morgan fingerprint density at radius 1 is 1.50 bits per heavy atom. The Morgan fingerprint density at radius 3 is 2.56 bits per heavy atom. The molecule has 1 rings (SSSR count). The normalized spacial score (nSPS) is 21.5. The van der Waals surface area contributed by atoms with Crippen LogP contribution in [0.15, 0.2) is 0 Å². The van der Waals surface area contributed by atoms with E-state index in [1.54, 1.807) is 11.9 Å². The molecule has 1 aliphatic heterocycles. The molecule has 0 spiro atoms. The van der Waals surface area contributed by atoms with Gasteiger partial charge in [-0.2, -0.15) is 0 Å². The van der Waals surface area contributed by atoms with Crippen LogP contribution in [-0.2, 0) is 9.59 Å². The number of carbonyl (C=O) groups excluding carboxylic acids is 2. The predicted molar refractivity (Wildman–Crippen MR) is 61.9 cm³/mol. The van der Waals surface area contributed by atoms with E-state index >= 15 is 0 Å². The maximum atomic E-state index is 12.0. The Hall–Kier alpha value is -1.10. The predicted octanol–water partition coefficient (Wildman–Crippen LogP) is -0.421. The zero-order valence-corrected chi connectivity index (χ0v) is 10.5. The number of carbonyl (C=O) groups is 2. The van der Waals surface area contributed by atoms with Gasteiger partial charge in [-0.3, -0.25) is 14.9 Å². The Labute approximate surface area is 96.6 Å². The van der Waals surface area contributed by atoms with Crippen LogP contribution >= 0.6 is 0 Å². The van der Waals surface area contributed by atoms with E-state index in [1.807, 2.05) is 0 Å². The minimum Gasteiger partial charge on any atom is -0.353 e. The molecule has 2 N–H and O–H groups in total. The number of rotatable bonds is 2. The van der Waals surface area contributed by atoms with Gasteiger partial charge in [-0.25, -0.2) is 0 Å². The molecule has 1 saturated heterocycles. The molecule has 1 atom stereocenters. The highest BCUT2D eigenvalue weighted by Gasteiger charge is 2.27. The molecule has 1 aliphatic rings. The van der Waals surface area contributed by atoms with Crippen molar-refractivity contribution in [1.82, 2.24) is 15.5 Å². The first kappa shape index (κ1) is 13.0. The average molecular weight is 227 g/mol. The van der Waals surface area contributed by atoms with Crippen molar-refractivity contribution in [1.29, 1.82) is 0 Å². The summed E-state index contributed by atoms with van der Waals surface area (Å²) in [4.78, 5) is 24.6. The van der Waals surface area contributed by atoms with Crippen LogP contribution in [0, 0.1) is 5.41 Å². The maximum absolute atomic E-state index is 12.0. The number of amides is 2. The molecule has 0 radical (unpaired) electrons. The second-order valence-corrected chi connectivity index (χ2v) is 5.49. The molecule has 0 saturated carbocycles. The number of piperazine rings is 1. The maximum Gasteiger partial charge on any atom is 0.241 e. The molecule has 92 valence electrons. The minimum absolute atomic E-state index is 0.0370. The van der Waals surface area contributed by atoms with E-state index in [1.165, 1.54) is 0 Å². The van der Waals surface area contributed by atoms with Crippen molar-refractivity contribution in [3.63, 3.8) is 0 Å². The zero-order chi connectivity index (χ0) is 12.3. The van der Waals surface area contributed by atoms with E-state index in [-0.39, 0.29) is 29.8 Å². The summed E-state index contributed by atoms with van der Waals surface area (Å²) in [5.41, 5.74) is 0.0856. The highest BCUT2D eigenvalue weighted by Crippen LogP contribution is 2.14. The minimum atomic E-state index is -0.287. The Kier molecular flexibility index (Phi) is 3.91. The van der Waals surface area contributed by atoms with Crippen LogP contribution < -0.4 is 10.6 Å². The van der Waals surface area contributed by atoms with Gasteiger partial charge in [0, 0.05) is 20.1 Å². The SMILES string of the molecule is CN(CC(C)(C)C)C(=O)C1CNC(=O)CN1. The molecule has 1 fully saturated rings. The fourth-order valence-corrected chi connectivity index (χ4v) is 1.80. The summed E-state index contributed by atoms with van der Waals surface area (Å²) in [5, 5.41) is 5.61. The van der Waals surface area contributed by atoms with Gasteiger partial charge < -0.3 is 10.2 Å². The highest BCUT2D eigenvalue weighted by molar-refractivity contribution is 5.86. The lowest BCUT2D eigenvalue weighted by Gasteiger charge is -2.31. The van der Waals surface area contributed by atoms with Gasteiger partial charge in [0.2, 0.25) is 11.8 Å². The lowest BCUT2D eigenvalue weighted by molar-refractivity contribution is -0.134. The first-order chi connectivity index (χ1) is 7.29. The largest absolute Gasteiger partial charge is 0.353 e. The topological polar surface area (TPSA) is 61.4 Å². The second-order valence-electron chi connectivity index (χ2n) is 5.49. The molecule has 0 aliphatic carbocycles. The van der Waals surface area contributed by atoms with Gasteiger partial charge >= 0.3 is 0 Å². The summed E-state index contributed by atoms with van der Waals surface area (Å²) in [7, 11) is 1.80. The summed E-state index contributed by atoms with van der Waals surface area (Å²) in [6, 6.07) is -0.287. The van der Waals surface area contributed by atoms with Gasteiger partial charge in [0.1, 0.15) is 6.04 Å². The van der Waals surface area contributed by atoms with E-state index in [9.17, 15) is 9.59 Å². The Balaban J connectivity index is 2.48. The number of nitrogens with zero attached hydrogens (tertiary/aromatic N) is 1. The van der Waals surface area contributed by atoms with Gasteiger partial charge in [-0.15, -0.1) is 0 Å².